The van der Waals surface area contributed by atoms with E-state index >= 15 is 0 Å². The fourth-order valence-electron chi connectivity index (χ4n) is 2.49. The van der Waals surface area contributed by atoms with Crippen LogP contribution in [0.5, 0.6) is 0 Å². The van der Waals surface area contributed by atoms with Gasteiger partial charge in [-0.2, -0.15) is 0 Å². The smallest absolute Gasteiger partial charge is 0.113 e. The van der Waals surface area contributed by atoms with Gasteiger partial charge in [0.1, 0.15) is 4.34 Å². The summed E-state index contributed by atoms with van der Waals surface area (Å²) >= 11 is 9.37. The molecule has 0 spiro atoms. The molecular weight excluding hydrogens is 298 g/mol. The van der Waals surface area contributed by atoms with Gasteiger partial charge in [0, 0.05) is 23.0 Å². The number of likely N-dealkylation sites (tertiary alicyclic amines) is 1. The highest BCUT2D eigenvalue weighted by Gasteiger charge is 2.34. The number of hydrogen-bond acceptors (Lipinski definition) is 5. The minimum atomic E-state index is 0.196. The van der Waals surface area contributed by atoms with Crippen molar-refractivity contribution in [2.24, 2.45) is 0 Å². The molecule has 0 aromatic carbocycles. The SMILES string of the molecule is CC1(c2ncc(Cl)s2)CCN(Cc2cncs2)CC1. The predicted octanol–water partition coefficient (Wildman–Crippen LogP) is 3.81. The third-order valence-corrected chi connectivity index (χ3v) is 6.00. The Hall–Kier alpha value is -0.490. The third-order valence-electron chi connectivity index (χ3n) is 3.82. The lowest BCUT2D eigenvalue weighted by molar-refractivity contribution is 0.163. The summed E-state index contributed by atoms with van der Waals surface area (Å²) in [4.78, 5) is 12.5. The van der Waals surface area contributed by atoms with E-state index in [1.54, 1.807) is 28.9 Å². The van der Waals surface area contributed by atoms with Gasteiger partial charge < -0.3 is 0 Å². The molecule has 19 heavy (non-hydrogen) atoms. The van der Waals surface area contributed by atoms with Gasteiger partial charge in [-0.1, -0.05) is 18.5 Å². The van der Waals surface area contributed by atoms with Gasteiger partial charge in [0.05, 0.1) is 16.7 Å². The molecule has 2 aromatic heterocycles. The first-order chi connectivity index (χ1) is 9.16. The van der Waals surface area contributed by atoms with Gasteiger partial charge >= 0.3 is 0 Å². The van der Waals surface area contributed by atoms with E-state index in [9.17, 15) is 0 Å². The molecule has 0 atom stereocenters. The van der Waals surface area contributed by atoms with Gasteiger partial charge in [-0.25, -0.2) is 4.98 Å². The summed E-state index contributed by atoms with van der Waals surface area (Å²) < 4.78 is 0.795. The number of aromatic nitrogens is 2. The number of nitrogens with zero attached hydrogens (tertiary/aromatic N) is 3. The summed E-state index contributed by atoms with van der Waals surface area (Å²) in [7, 11) is 0. The fourth-order valence-corrected chi connectivity index (χ4v) is 4.24. The first-order valence-electron chi connectivity index (χ1n) is 6.37. The van der Waals surface area contributed by atoms with Crippen molar-refractivity contribution in [2.75, 3.05) is 13.1 Å². The summed E-state index contributed by atoms with van der Waals surface area (Å²) in [5, 5.41) is 1.19. The zero-order valence-corrected chi connectivity index (χ0v) is 13.2. The van der Waals surface area contributed by atoms with Crippen LogP contribution in [0.2, 0.25) is 4.34 Å². The molecule has 0 saturated carbocycles. The molecule has 0 unspecified atom stereocenters. The second-order valence-electron chi connectivity index (χ2n) is 5.27. The fraction of sp³-hybridized carbons (Fsp3) is 0.538. The second kappa shape index (κ2) is 5.48. The van der Waals surface area contributed by atoms with Crippen LogP contribution in [-0.4, -0.2) is 28.0 Å². The first-order valence-corrected chi connectivity index (χ1v) is 8.45. The van der Waals surface area contributed by atoms with Gasteiger partial charge in [-0.15, -0.1) is 22.7 Å². The summed E-state index contributed by atoms with van der Waals surface area (Å²) in [6.45, 7) is 5.57. The molecule has 1 aliphatic heterocycles. The predicted molar refractivity (Wildman–Crippen MR) is 81.1 cm³/mol. The lowest BCUT2D eigenvalue weighted by Crippen LogP contribution is -2.40. The minimum Gasteiger partial charge on any atom is -0.298 e. The Morgan fingerprint density at radius 2 is 2.16 bits per heavy atom. The molecule has 1 saturated heterocycles. The molecule has 0 aliphatic carbocycles. The molecule has 3 rings (SSSR count). The molecule has 0 bridgehead atoms. The number of thiazole rings is 2. The second-order valence-corrected chi connectivity index (χ2v) is 7.91. The molecule has 3 heterocycles. The van der Waals surface area contributed by atoms with Crippen molar-refractivity contribution >= 4 is 34.3 Å². The van der Waals surface area contributed by atoms with E-state index in [2.05, 4.69) is 21.8 Å². The van der Waals surface area contributed by atoms with Crippen LogP contribution < -0.4 is 0 Å². The lowest BCUT2D eigenvalue weighted by Gasteiger charge is -2.37. The van der Waals surface area contributed by atoms with E-state index < -0.39 is 0 Å². The molecule has 1 aliphatic rings. The van der Waals surface area contributed by atoms with Crippen molar-refractivity contribution in [1.29, 1.82) is 0 Å². The molecule has 0 radical (unpaired) electrons. The highest BCUT2D eigenvalue weighted by molar-refractivity contribution is 7.15. The van der Waals surface area contributed by atoms with Crippen molar-refractivity contribution in [3.63, 3.8) is 0 Å². The molecule has 6 heteroatoms. The maximum Gasteiger partial charge on any atom is 0.113 e. The average Bonchev–Trinajstić information content (AvgIpc) is 3.04. The van der Waals surface area contributed by atoms with E-state index in [0.29, 0.717) is 0 Å². The molecule has 102 valence electrons. The van der Waals surface area contributed by atoms with Crippen LogP contribution in [0.1, 0.15) is 29.7 Å². The quantitative estimate of drug-likeness (QED) is 0.863. The highest BCUT2D eigenvalue weighted by Crippen LogP contribution is 2.38. The number of halogens is 1. The number of rotatable bonds is 3. The summed E-state index contributed by atoms with van der Waals surface area (Å²) in [5.41, 5.74) is 2.10. The van der Waals surface area contributed by atoms with Crippen LogP contribution in [0.15, 0.2) is 17.9 Å². The monoisotopic (exact) mass is 313 g/mol. The van der Waals surface area contributed by atoms with E-state index in [0.717, 1.165) is 36.8 Å². The number of hydrogen-bond donors (Lipinski definition) is 0. The third kappa shape index (κ3) is 2.99. The molecule has 0 N–H and O–H groups in total. The van der Waals surface area contributed by atoms with Gasteiger partial charge in [0.15, 0.2) is 0 Å². The van der Waals surface area contributed by atoms with Crippen molar-refractivity contribution in [3.05, 3.63) is 32.1 Å². The van der Waals surface area contributed by atoms with Gasteiger partial charge in [0.2, 0.25) is 0 Å². The van der Waals surface area contributed by atoms with Crippen LogP contribution in [-0.2, 0) is 12.0 Å². The van der Waals surface area contributed by atoms with Crippen LogP contribution in [0.25, 0.3) is 0 Å². The molecule has 1 fully saturated rings. The van der Waals surface area contributed by atoms with Gasteiger partial charge in [-0.05, 0) is 25.9 Å². The van der Waals surface area contributed by atoms with Crippen LogP contribution >= 0.6 is 34.3 Å². The maximum absolute atomic E-state index is 6.01. The van der Waals surface area contributed by atoms with Gasteiger partial charge in [-0.3, -0.25) is 9.88 Å². The minimum absolute atomic E-state index is 0.196. The Bertz CT molecular complexity index is 530. The van der Waals surface area contributed by atoms with E-state index in [1.807, 2.05) is 11.7 Å². The van der Waals surface area contributed by atoms with E-state index in [-0.39, 0.29) is 5.41 Å². The molecule has 2 aromatic rings. The Morgan fingerprint density at radius 3 is 2.74 bits per heavy atom. The molecule has 3 nitrogen and oxygen atoms in total. The first kappa shape index (κ1) is 13.5. The van der Waals surface area contributed by atoms with Crippen molar-refractivity contribution in [1.82, 2.24) is 14.9 Å². The Kier molecular flexibility index (Phi) is 3.89. The van der Waals surface area contributed by atoms with Crippen LogP contribution in [0.4, 0.5) is 0 Å². The Balaban J connectivity index is 1.62. The van der Waals surface area contributed by atoms with Crippen LogP contribution in [0.3, 0.4) is 0 Å². The largest absolute Gasteiger partial charge is 0.298 e. The van der Waals surface area contributed by atoms with Crippen molar-refractivity contribution < 1.29 is 0 Å². The highest BCUT2D eigenvalue weighted by atomic mass is 35.5. The lowest BCUT2D eigenvalue weighted by atomic mass is 9.81. The normalized spacial score (nSPS) is 19.7. The van der Waals surface area contributed by atoms with Crippen molar-refractivity contribution in [2.45, 2.75) is 31.7 Å². The van der Waals surface area contributed by atoms with E-state index in [4.69, 9.17) is 11.6 Å². The Morgan fingerprint density at radius 1 is 1.37 bits per heavy atom. The zero-order chi connectivity index (χ0) is 13.3. The summed E-state index contributed by atoms with van der Waals surface area (Å²) in [5.74, 6) is 0. The Labute approximate surface area is 126 Å². The van der Waals surface area contributed by atoms with Gasteiger partial charge in [0.25, 0.3) is 0 Å². The topological polar surface area (TPSA) is 29.0 Å². The average molecular weight is 314 g/mol. The summed E-state index contributed by atoms with van der Waals surface area (Å²) in [6.07, 6.45) is 6.04. The van der Waals surface area contributed by atoms with Crippen molar-refractivity contribution in [3.8, 4) is 0 Å². The standard InChI is InChI=1S/C13H16ClN3S2/c1-13(12-16-7-11(14)19-12)2-4-17(5-3-13)8-10-6-15-9-18-10/h6-7,9H,2-5,8H2,1H3. The number of piperidine rings is 1. The maximum atomic E-state index is 6.01. The van der Waals surface area contributed by atoms with E-state index in [1.165, 1.54) is 9.88 Å². The molecule has 0 amide bonds. The van der Waals surface area contributed by atoms with Crippen LogP contribution in [0, 0.1) is 0 Å². The molecular formula is C13H16ClN3S2. The zero-order valence-electron chi connectivity index (χ0n) is 10.8. The summed E-state index contributed by atoms with van der Waals surface area (Å²) in [6, 6.07) is 0.